The molecule has 7 rings (SSSR count). The Morgan fingerprint density at radius 2 is 1.70 bits per heavy atom. The molecule has 0 saturated heterocycles. The number of benzene rings is 3. The highest BCUT2D eigenvalue weighted by molar-refractivity contribution is 7.15. The first kappa shape index (κ1) is 27.5. The van der Waals surface area contributed by atoms with Gasteiger partial charge in [0.15, 0.2) is 11.0 Å². The van der Waals surface area contributed by atoms with E-state index in [1.54, 1.807) is 35.2 Å². The van der Waals surface area contributed by atoms with Crippen molar-refractivity contribution in [3.05, 3.63) is 114 Å². The van der Waals surface area contributed by atoms with Gasteiger partial charge in [0.25, 0.3) is 11.8 Å². The van der Waals surface area contributed by atoms with E-state index in [1.807, 2.05) is 44.2 Å². The summed E-state index contributed by atoms with van der Waals surface area (Å²) >= 11 is 7.78. The fourth-order valence-corrected chi connectivity index (χ4v) is 7.44. The number of carbonyl (C=O) groups excluding carboxylic acids is 2. The van der Waals surface area contributed by atoms with Crippen molar-refractivity contribution in [2.45, 2.75) is 46.2 Å². The summed E-state index contributed by atoms with van der Waals surface area (Å²) in [6, 6.07) is 18.0. The van der Waals surface area contributed by atoms with Gasteiger partial charge in [-0.1, -0.05) is 73.2 Å². The van der Waals surface area contributed by atoms with Crippen LogP contribution in [0.4, 0.5) is 10.8 Å². The van der Waals surface area contributed by atoms with E-state index in [4.69, 9.17) is 16.0 Å². The number of anilines is 2. The summed E-state index contributed by atoms with van der Waals surface area (Å²) in [4.78, 5) is 47.0. The lowest BCUT2D eigenvalue weighted by Crippen LogP contribution is -2.53. The second kappa shape index (κ2) is 9.86. The molecule has 0 aliphatic carbocycles. The lowest BCUT2D eigenvalue weighted by molar-refractivity contribution is -0.121. The smallest absolute Gasteiger partial charge is 0.297 e. The predicted molar refractivity (Wildman–Crippen MR) is 167 cm³/mol. The number of fused-ring (bicyclic) bond motifs is 5. The van der Waals surface area contributed by atoms with Crippen molar-refractivity contribution in [3.8, 4) is 0 Å². The van der Waals surface area contributed by atoms with Gasteiger partial charge in [-0.25, -0.2) is 0 Å². The van der Waals surface area contributed by atoms with Crippen LogP contribution in [-0.2, 0) is 23.3 Å². The summed E-state index contributed by atoms with van der Waals surface area (Å²) in [6.45, 7) is 8.11. The summed E-state index contributed by atoms with van der Waals surface area (Å²) in [5.41, 5.74) is 1.64. The van der Waals surface area contributed by atoms with Gasteiger partial charge in [0, 0.05) is 17.0 Å². The van der Waals surface area contributed by atoms with Crippen LogP contribution in [0.1, 0.15) is 57.2 Å². The molecule has 43 heavy (non-hydrogen) atoms. The number of para-hydroxylation sites is 1. The van der Waals surface area contributed by atoms with Gasteiger partial charge in [0.05, 0.1) is 23.2 Å². The van der Waals surface area contributed by atoms with Crippen molar-refractivity contribution < 1.29 is 14.0 Å². The third-order valence-corrected chi connectivity index (χ3v) is 9.56. The highest BCUT2D eigenvalue weighted by Gasteiger charge is 2.66. The third kappa shape index (κ3) is 3.91. The van der Waals surface area contributed by atoms with Crippen LogP contribution in [-0.4, -0.2) is 22.0 Å². The summed E-state index contributed by atoms with van der Waals surface area (Å²) in [5, 5.41) is 10.5. The van der Waals surface area contributed by atoms with Crippen LogP contribution in [0.25, 0.3) is 11.0 Å². The van der Waals surface area contributed by atoms with Gasteiger partial charge in [0.1, 0.15) is 10.6 Å². The molecule has 2 aromatic heterocycles. The number of hydrogen-bond acceptors (Lipinski definition) is 7. The van der Waals surface area contributed by atoms with Gasteiger partial charge in [-0.2, -0.15) is 0 Å². The maximum absolute atomic E-state index is 15.1. The van der Waals surface area contributed by atoms with Gasteiger partial charge in [-0.05, 0) is 60.7 Å². The molecule has 1 atom stereocenters. The molecule has 0 N–H and O–H groups in total. The molecule has 5 aromatic rings. The second-order valence-corrected chi connectivity index (χ2v) is 12.9. The first-order valence-electron chi connectivity index (χ1n) is 14.0. The number of carbonyl (C=O) groups is 2. The Kier molecular flexibility index (Phi) is 6.30. The lowest BCUT2D eigenvalue weighted by Gasteiger charge is -2.32. The lowest BCUT2D eigenvalue weighted by atomic mass is 9.84. The minimum absolute atomic E-state index is 0.00651. The van der Waals surface area contributed by atoms with E-state index >= 15 is 4.79 Å². The number of halogens is 1. The molecule has 8 nitrogen and oxygen atoms in total. The first-order valence-corrected chi connectivity index (χ1v) is 15.2. The van der Waals surface area contributed by atoms with E-state index in [0.717, 1.165) is 21.7 Å². The molecule has 1 spiro atoms. The van der Waals surface area contributed by atoms with Crippen molar-refractivity contribution in [2.75, 3.05) is 9.80 Å². The normalized spacial score (nSPS) is 17.5. The van der Waals surface area contributed by atoms with Crippen LogP contribution in [0.15, 0.2) is 69.9 Å². The molecule has 2 amide bonds. The molecular formula is C33H27ClN4O4S. The van der Waals surface area contributed by atoms with Crippen LogP contribution in [0.5, 0.6) is 0 Å². The largest absolute Gasteiger partial charge is 0.450 e. The quantitative estimate of drug-likeness (QED) is 0.223. The Morgan fingerprint density at radius 1 is 0.977 bits per heavy atom. The molecular weight excluding hydrogens is 584 g/mol. The van der Waals surface area contributed by atoms with Gasteiger partial charge in [-0.15, -0.1) is 10.2 Å². The molecule has 2 aliphatic rings. The molecule has 0 fully saturated rings. The van der Waals surface area contributed by atoms with E-state index in [9.17, 15) is 9.59 Å². The highest BCUT2D eigenvalue weighted by atomic mass is 35.5. The number of hydrogen-bond donors (Lipinski definition) is 0. The highest BCUT2D eigenvalue weighted by Crippen LogP contribution is 2.54. The maximum Gasteiger partial charge on any atom is 0.297 e. The average molecular weight is 611 g/mol. The summed E-state index contributed by atoms with van der Waals surface area (Å²) in [6.07, 6.45) is 0.655. The number of nitrogens with zero attached hydrogens (tertiary/aromatic N) is 4. The Bertz CT molecular complexity index is 2050. The Balaban J connectivity index is 1.54. The number of amides is 2. The monoisotopic (exact) mass is 610 g/mol. The SMILES string of the molecule is Cc1cc2oc3c(c(=O)c2cc1C)C1(C(=O)N(Cc2ccccc2Cl)c2ccccc21)N(c1nnc(CC(C)C)s1)C3=O. The fourth-order valence-electron chi connectivity index (χ4n) is 6.14. The zero-order valence-electron chi connectivity index (χ0n) is 24.0. The van der Waals surface area contributed by atoms with E-state index in [0.29, 0.717) is 39.6 Å². The van der Waals surface area contributed by atoms with Gasteiger partial charge in [-0.3, -0.25) is 19.3 Å². The molecule has 0 radical (unpaired) electrons. The van der Waals surface area contributed by atoms with Crippen LogP contribution in [0, 0.1) is 19.8 Å². The average Bonchev–Trinajstić information content (AvgIpc) is 3.60. The Hall–Kier alpha value is -4.34. The van der Waals surface area contributed by atoms with Crippen LogP contribution in [0.3, 0.4) is 0 Å². The maximum atomic E-state index is 15.1. The minimum atomic E-state index is -1.84. The minimum Gasteiger partial charge on any atom is -0.450 e. The Morgan fingerprint density at radius 3 is 2.47 bits per heavy atom. The molecule has 0 saturated carbocycles. The van der Waals surface area contributed by atoms with Gasteiger partial charge in [0.2, 0.25) is 10.9 Å². The molecule has 1 unspecified atom stereocenters. The van der Waals surface area contributed by atoms with Crippen LogP contribution < -0.4 is 15.2 Å². The van der Waals surface area contributed by atoms with Gasteiger partial charge < -0.3 is 9.32 Å². The van der Waals surface area contributed by atoms with Crippen molar-refractivity contribution >= 4 is 56.5 Å². The molecule has 2 aliphatic heterocycles. The zero-order chi connectivity index (χ0) is 30.2. The van der Waals surface area contributed by atoms with Crippen LogP contribution in [0.2, 0.25) is 5.02 Å². The number of aromatic nitrogens is 2. The van der Waals surface area contributed by atoms with E-state index in [2.05, 4.69) is 24.0 Å². The van der Waals surface area contributed by atoms with E-state index in [-0.39, 0.29) is 23.0 Å². The third-order valence-electron chi connectivity index (χ3n) is 8.26. The van der Waals surface area contributed by atoms with Crippen molar-refractivity contribution in [2.24, 2.45) is 5.92 Å². The summed E-state index contributed by atoms with van der Waals surface area (Å²) < 4.78 is 6.25. The van der Waals surface area contributed by atoms with Crippen molar-refractivity contribution in [3.63, 3.8) is 0 Å². The molecule has 4 heterocycles. The fraction of sp³-hybridized carbons (Fsp3) is 0.242. The topological polar surface area (TPSA) is 96.6 Å². The number of rotatable bonds is 5. The second-order valence-electron chi connectivity index (χ2n) is 11.5. The van der Waals surface area contributed by atoms with E-state index in [1.165, 1.54) is 16.2 Å². The zero-order valence-corrected chi connectivity index (χ0v) is 25.5. The summed E-state index contributed by atoms with van der Waals surface area (Å²) in [7, 11) is 0. The van der Waals surface area contributed by atoms with E-state index < -0.39 is 22.8 Å². The molecule has 216 valence electrons. The molecule has 3 aromatic carbocycles. The Labute approximate surface area is 256 Å². The predicted octanol–water partition coefficient (Wildman–Crippen LogP) is 6.56. The van der Waals surface area contributed by atoms with Crippen LogP contribution >= 0.6 is 22.9 Å². The number of aryl methyl sites for hydroxylation is 2. The van der Waals surface area contributed by atoms with Crippen molar-refractivity contribution in [1.82, 2.24) is 10.2 Å². The van der Waals surface area contributed by atoms with Gasteiger partial charge >= 0.3 is 0 Å². The first-order chi connectivity index (χ1) is 20.6. The molecule has 10 heteroatoms. The van der Waals surface area contributed by atoms with Crippen molar-refractivity contribution in [1.29, 1.82) is 0 Å². The molecule has 0 bridgehead atoms. The standard InChI is InChI=1S/C33H27ClN4O4S/c1-17(2)13-26-35-36-32(43-26)38-30(40)29-27(28(39)21-14-18(3)19(4)15-25(21)42-29)33(38)22-10-6-8-12-24(22)37(31(33)41)16-20-9-5-7-11-23(20)34/h5-12,14-15,17H,13,16H2,1-4H3. The summed E-state index contributed by atoms with van der Waals surface area (Å²) in [5.74, 6) is -0.927.